The van der Waals surface area contributed by atoms with E-state index >= 15 is 0 Å². The number of hydrogen-bond acceptors (Lipinski definition) is 3. The Labute approximate surface area is 143 Å². The molecule has 1 aliphatic carbocycles. The van der Waals surface area contributed by atoms with Gasteiger partial charge in [0.2, 0.25) is 5.91 Å². The lowest BCUT2D eigenvalue weighted by molar-refractivity contribution is -0.122. The van der Waals surface area contributed by atoms with Gasteiger partial charge in [-0.3, -0.25) is 4.79 Å². The van der Waals surface area contributed by atoms with Crippen molar-refractivity contribution in [3.63, 3.8) is 0 Å². The average Bonchev–Trinajstić information content (AvgIpc) is 2.52. The van der Waals surface area contributed by atoms with E-state index < -0.39 is 0 Å². The van der Waals surface area contributed by atoms with E-state index in [2.05, 4.69) is 53.3 Å². The van der Waals surface area contributed by atoms with Crippen molar-refractivity contribution in [2.45, 2.75) is 45.7 Å². The summed E-state index contributed by atoms with van der Waals surface area (Å²) >= 11 is 0. The molecular formula is C20H25N3O. The molecule has 0 atom stereocenters. The molecule has 0 aliphatic heterocycles. The number of nitrogens with zero attached hydrogens (tertiary/aromatic N) is 2. The maximum Gasteiger partial charge on any atom is 0.228 e. The number of pyridine rings is 1. The summed E-state index contributed by atoms with van der Waals surface area (Å²) < 4.78 is 0. The molecule has 1 saturated carbocycles. The largest absolute Gasteiger partial charge is 0.364 e. The molecule has 1 aromatic carbocycles. The van der Waals surface area contributed by atoms with E-state index in [-0.39, 0.29) is 11.8 Å². The zero-order chi connectivity index (χ0) is 16.9. The summed E-state index contributed by atoms with van der Waals surface area (Å²) in [5.41, 5.74) is 2.34. The Bertz CT molecular complexity index is 663. The van der Waals surface area contributed by atoms with Crippen LogP contribution in [-0.2, 0) is 11.3 Å². The van der Waals surface area contributed by atoms with Crippen LogP contribution in [0.1, 0.15) is 38.7 Å². The van der Waals surface area contributed by atoms with Gasteiger partial charge in [0.05, 0.1) is 11.9 Å². The molecule has 0 saturated heterocycles. The Balaban J connectivity index is 1.68. The first-order valence-corrected chi connectivity index (χ1v) is 8.71. The lowest BCUT2D eigenvalue weighted by Gasteiger charge is -2.29. The molecule has 0 spiro atoms. The van der Waals surface area contributed by atoms with Gasteiger partial charge in [-0.25, -0.2) is 4.98 Å². The smallest absolute Gasteiger partial charge is 0.228 e. The number of amides is 1. The van der Waals surface area contributed by atoms with Gasteiger partial charge in [-0.2, -0.15) is 0 Å². The maximum atomic E-state index is 12.0. The van der Waals surface area contributed by atoms with Crippen molar-refractivity contribution in [3.8, 4) is 0 Å². The number of anilines is 2. The molecule has 1 fully saturated rings. The highest BCUT2D eigenvalue weighted by Crippen LogP contribution is 2.27. The van der Waals surface area contributed by atoms with E-state index in [0.717, 1.165) is 31.5 Å². The van der Waals surface area contributed by atoms with Crippen LogP contribution in [0.3, 0.4) is 0 Å². The second-order valence-corrected chi connectivity index (χ2v) is 6.73. The van der Waals surface area contributed by atoms with Crippen molar-refractivity contribution in [1.29, 1.82) is 0 Å². The van der Waals surface area contributed by atoms with Crippen molar-refractivity contribution in [2.75, 3.05) is 10.2 Å². The summed E-state index contributed by atoms with van der Waals surface area (Å²) in [6.45, 7) is 5.19. The van der Waals surface area contributed by atoms with E-state index in [4.69, 9.17) is 0 Å². The minimum absolute atomic E-state index is 0.103. The molecule has 0 unspecified atom stereocenters. The molecule has 4 heteroatoms. The quantitative estimate of drug-likeness (QED) is 0.865. The number of rotatable bonds is 6. The highest BCUT2D eigenvalue weighted by molar-refractivity contribution is 5.92. The topological polar surface area (TPSA) is 45.2 Å². The molecule has 3 rings (SSSR count). The molecule has 1 amide bonds. The Morgan fingerprint density at radius 2 is 1.96 bits per heavy atom. The van der Waals surface area contributed by atoms with Crippen LogP contribution in [0, 0.1) is 5.92 Å². The molecule has 126 valence electrons. The first kappa shape index (κ1) is 16.5. The van der Waals surface area contributed by atoms with Gasteiger partial charge < -0.3 is 10.2 Å². The number of aromatic nitrogens is 1. The van der Waals surface area contributed by atoms with Gasteiger partial charge in [0.25, 0.3) is 0 Å². The zero-order valence-corrected chi connectivity index (χ0v) is 14.4. The van der Waals surface area contributed by atoms with Gasteiger partial charge in [-0.05, 0) is 44.4 Å². The molecule has 0 bridgehead atoms. The fourth-order valence-electron chi connectivity index (χ4n) is 2.88. The van der Waals surface area contributed by atoms with Crippen LogP contribution in [0.4, 0.5) is 11.5 Å². The Morgan fingerprint density at radius 3 is 2.50 bits per heavy atom. The second kappa shape index (κ2) is 7.47. The maximum absolute atomic E-state index is 12.0. The summed E-state index contributed by atoms with van der Waals surface area (Å²) in [6, 6.07) is 14.7. The Morgan fingerprint density at radius 1 is 1.21 bits per heavy atom. The van der Waals surface area contributed by atoms with E-state index in [1.807, 2.05) is 24.4 Å². The fraction of sp³-hybridized carbons (Fsp3) is 0.400. The van der Waals surface area contributed by atoms with Crippen LogP contribution in [0.15, 0.2) is 48.7 Å². The molecule has 1 aliphatic rings. The summed E-state index contributed by atoms with van der Waals surface area (Å²) in [4.78, 5) is 18.7. The lowest BCUT2D eigenvalue weighted by Crippen LogP contribution is -2.30. The number of carbonyl (C=O) groups excluding carboxylic acids is 1. The minimum atomic E-state index is 0.103. The van der Waals surface area contributed by atoms with Crippen molar-refractivity contribution < 1.29 is 4.79 Å². The zero-order valence-electron chi connectivity index (χ0n) is 14.4. The number of carbonyl (C=O) groups is 1. The highest BCUT2D eigenvalue weighted by Gasteiger charge is 2.25. The molecule has 1 aromatic heterocycles. The van der Waals surface area contributed by atoms with E-state index in [9.17, 15) is 4.79 Å². The number of nitrogens with one attached hydrogen (secondary N) is 1. The van der Waals surface area contributed by atoms with Crippen LogP contribution in [0.25, 0.3) is 0 Å². The predicted molar refractivity (Wildman–Crippen MR) is 98.0 cm³/mol. The van der Waals surface area contributed by atoms with E-state index in [1.54, 1.807) is 0 Å². The highest BCUT2D eigenvalue weighted by atomic mass is 16.2. The van der Waals surface area contributed by atoms with Gasteiger partial charge in [-0.15, -0.1) is 0 Å². The number of hydrogen-bond donors (Lipinski definition) is 1. The molecule has 2 aromatic rings. The van der Waals surface area contributed by atoms with E-state index in [0.29, 0.717) is 11.9 Å². The van der Waals surface area contributed by atoms with Gasteiger partial charge in [-0.1, -0.05) is 36.8 Å². The normalized spacial score (nSPS) is 14.3. The van der Waals surface area contributed by atoms with Crippen LogP contribution >= 0.6 is 0 Å². The molecular weight excluding hydrogens is 298 g/mol. The van der Waals surface area contributed by atoms with Crippen molar-refractivity contribution in [1.82, 2.24) is 4.98 Å². The second-order valence-electron chi connectivity index (χ2n) is 6.73. The van der Waals surface area contributed by atoms with Gasteiger partial charge in [0.15, 0.2) is 0 Å². The average molecular weight is 323 g/mol. The molecule has 24 heavy (non-hydrogen) atoms. The summed E-state index contributed by atoms with van der Waals surface area (Å²) in [7, 11) is 0. The Kier molecular flexibility index (Phi) is 5.14. The predicted octanol–water partition coefficient (Wildman–Crippen LogP) is 4.24. The summed E-state index contributed by atoms with van der Waals surface area (Å²) in [5, 5.41) is 2.92. The van der Waals surface area contributed by atoms with Gasteiger partial charge >= 0.3 is 0 Å². The van der Waals surface area contributed by atoms with Crippen molar-refractivity contribution in [3.05, 3.63) is 54.2 Å². The van der Waals surface area contributed by atoms with Gasteiger partial charge in [0, 0.05) is 18.5 Å². The molecule has 4 nitrogen and oxygen atoms in total. The van der Waals surface area contributed by atoms with Crippen molar-refractivity contribution in [2.24, 2.45) is 5.92 Å². The van der Waals surface area contributed by atoms with Crippen molar-refractivity contribution >= 4 is 17.4 Å². The monoisotopic (exact) mass is 323 g/mol. The Hall–Kier alpha value is -2.36. The van der Waals surface area contributed by atoms with Gasteiger partial charge in [0.1, 0.15) is 5.82 Å². The van der Waals surface area contributed by atoms with Crippen LogP contribution in [0.5, 0.6) is 0 Å². The van der Waals surface area contributed by atoms with Crippen LogP contribution in [0.2, 0.25) is 0 Å². The third-order valence-corrected chi connectivity index (χ3v) is 4.63. The SMILES string of the molecule is CC(C)N(Cc1ccccc1)c1ccc(NC(=O)C2CCC2)nc1. The molecule has 1 N–H and O–H groups in total. The standard InChI is InChI=1S/C20H25N3O/c1-15(2)23(14-16-7-4-3-5-8-16)18-11-12-19(21-13-18)22-20(24)17-9-6-10-17/h3-5,7-8,11-13,15,17H,6,9-10,14H2,1-2H3,(H,21,22,24). The molecule has 1 heterocycles. The molecule has 0 radical (unpaired) electrons. The lowest BCUT2D eigenvalue weighted by atomic mass is 9.85. The van der Waals surface area contributed by atoms with Crippen LogP contribution in [-0.4, -0.2) is 16.9 Å². The van der Waals surface area contributed by atoms with E-state index in [1.165, 1.54) is 5.56 Å². The summed E-state index contributed by atoms with van der Waals surface area (Å²) in [6.07, 6.45) is 5.01. The minimum Gasteiger partial charge on any atom is -0.364 e. The number of benzene rings is 1. The fourth-order valence-corrected chi connectivity index (χ4v) is 2.88. The first-order chi connectivity index (χ1) is 11.6. The third kappa shape index (κ3) is 3.94. The summed E-state index contributed by atoms with van der Waals surface area (Å²) in [5.74, 6) is 0.919. The first-order valence-electron chi connectivity index (χ1n) is 8.71. The van der Waals surface area contributed by atoms with Crippen LogP contribution < -0.4 is 10.2 Å². The third-order valence-electron chi connectivity index (χ3n) is 4.63.